The molecule has 1 aliphatic rings. The van der Waals surface area contributed by atoms with Gasteiger partial charge in [0.25, 0.3) is 0 Å². The maximum atomic E-state index is 13.8. The second-order valence-corrected chi connectivity index (χ2v) is 6.80. The van der Waals surface area contributed by atoms with Crippen LogP contribution < -0.4 is 9.80 Å². The number of carbonyl (C=O) groups is 2. The highest BCUT2D eigenvalue weighted by Crippen LogP contribution is 2.34. The van der Waals surface area contributed by atoms with E-state index in [1.807, 2.05) is 0 Å². The van der Waals surface area contributed by atoms with E-state index < -0.39 is 40.7 Å². The molecule has 1 aromatic heterocycles. The van der Waals surface area contributed by atoms with Gasteiger partial charge in [-0.1, -0.05) is 0 Å². The predicted molar refractivity (Wildman–Crippen MR) is 104 cm³/mol. The van der Waals surface area contributed by atoms with Crippen LogP contribution in [0.5, 0.6) is 0 Å². The number of nitrogens with zero attached hydrogens (tertiary/aromatic N) is 4. The van der Waals surface area contributed by atoms with Crippen molar-refractivity contribution >= 4 is 40.6 Å². The van der Waals surface area contributed by atoms with Crippen LogP contribution in [0.15, 0.2) is 30.5 Å². The number of thiocarbonyl (C=S) groups is 1. The van der Waals surface area contributed by atoms with Crippen LogP contribution in [0.2, 0.25) is 0 Å². The molecule has 12 heteroatoms. The number of aromatic nitrogens is 1. The van der Waals surface area contributed by atoms with Gasteiger partial charge in [0.15, 0.2) is 10.8 Å². The minimum absolute atomic E-state index is 0.0645. The predicted octanol–water partition coefficient (Wildman–Crippen LogP) is 3.73. The SMILES string of the molecule is N#Cc1ncc(N2C(=O)CCCN(c3ccc(F)c(C(=O)O)c3)C2=S)cc1C(F)(F)F. The molecule has 0 saturated carbocycles. The summed E-state index contributed by atoms with van der Waals surface area (Å²) in [6.45, 7) is 0.140. The first-order valence-corrected chi connectivity index (χ1v) is 9.10. The first-order chi connectivity index (χ1) is 14.5. The topological polar surface area (TPSA) is 97.5 Å². The van der Waals surface area contributed by atoms with Crippen molar-refractivity contribution in [3.63, 3.8) is 0 Å². The van der Waals surface area contributed by atoms with E-state index >= 15 is 0 Å². The van der Waals surface area contributed by atoms with E-state index in [4.69, 9.17) is 22.6 Å². The molecule has 1 fully saturated rings. The number of alkyl halides is 3. The Kier molecular flexibility index (Phi) is 5.90. The maximum Gasteiger partial charge on any atom is 0.419 e. The number of halogens is 4. The molecule has 0 atom stereocenters. The zero-order valence-electron chi connectivity index (χ0n) is 15.5. The number of amides is 1. The number of carbonyl (C=O) groups excluding carboxylic acids is 1. The molecule has 1 saturated heterocycles. The average Bonchev–Trinajstić information content (AvgIpc) is 2.85. The lowest BCUT2D eigenvalue weighted by atomic mass is 10.1. The van der Waals surface area contributed by atoms with Crippen LogP contribution in [0.3, 0.4) is 0 Å². The van der Waals surface area contributed by atoms with E-state index in [2.05, 4.69) is 4.98 Å². The van der Waals surface area contributed by atoms with Crippen LogP contribution in [0.25, 0.3) is 0 Å². The number of carboxylic acids is 1. The quantitative estimate of drug-likeness (QED) is 0.560. The van der Waals surface area contributed by atoms with E-state index in [9.17, 15) is 27.2 Å². The van der Waals surface area contributed by atoms with Crippen molar-refractivity contribution in [2.45, 2.75) is 19.0 Å². The van der Waals surface area contributed by atoms with Crippen LogP contribution in [-0.4, -0.2) is 33.6 Å². The summed E-state index contributed by atoms with van der Waals surface area (Å²) in [6.07, 6.45) is -3.78. The highest BCUT2D eigenvalue weighted by atomic mass is 32.1. The summed E-state index contributed by atoms with van der Waals surface area (Å²) in [5.74, 6) is -3.09. The van der Waals surface area contributed by atoms with Gasteiger partial charge in [0, 0.05) is 18.7 Å². The van der Waals surface area contributed by atoms with E-state index in [0.29, 0.717) is 6.07 Å². The fourth-order valence-electron chi connectivity index (χ4n) is 3.04. The van der Waals surface area contributed by atoms with Crippen molar-refractivity contribution < 1.29 is 32.3 Å². The highest BCUT2D eigenvalue weighted by Gasteiger charge is 2.37. The molecular formula is C19H12F4N4O3S. The molecule has 31 heavy (non-hydrogen) atoms. The van der Waals surface area contributed by atoms with E-state index in [-0.39, 0.29) is 35.9 Å². The third-order valence-electron chi connectivity index (χ3n) is 4.48. The molecular weight excluding hydrogens is 440 g/mol. The number of pyridine rings is 1. The second-order valence-electron chi connectivity index (χ2n) is 6.44. The number of aromatic carboxylic acids is 1. The number of hydrogen-bond acceptors (Lipinski definition) is 5. The first-order valence-electron chi connectivity index (χ1n) is 8.69. The van der Waals surface area contributed by atoms with Crippen LogP contribution in [0.1, 0.15) is 34.5 Å². The second kappa shape index (κ2) is 8.27. The number of hydrogen-bond donors (Lipinski definition) is 1. The largest absolute Gasteiger partial charge is 0.478 e. The van der Waals surface area contributed by atoms with Gasteiger partial charge in [-0.2, -0.15) is 18.4 Å². The molecule has 0 radical (unpaired) electrons. The molecule has 160 valence electrons. The van der Waals surface area contributed by atoms with Crippen molar-refractivity contribution in [2.24, 2.45) is 0 Å². The molecule has 1 amide bonds. The van der Waals surface area contributed by atoms with Gasteiger partial charge in [0.2, 0.25) is 5.91 Å². The summed E-state index contributed by atoms with van der Waals surface area (Å²) in [7, 11) is 0. The normalized spacial score (nSPS) is 14.9. The van der Waals surface area contributed by atoms with Gasteiger partial charge < -0.3 is 10.0 Å². The van der Waals surface area contributed by atoms with E-state index in [0.717, 1.165) is 23.2 Å². The van der Waals surface area contributed by atoms with Gasteiger partial charge in [-0.15, -0.1) is 0 Å². The lowest BCUT2D eigenvalue weighted by molar-refractivity contribution is -0.138. The summed E-state index contributed by atoms with van der Waals surface area (Å²) in [6, 6.07) is 5.15. The summed E-state index contributed by atoms with van der Waals surface area (Å²) >= 11 is 5.33. The monoisotopic (exact) mass is 452 g/mol. The Labute approximate surface area is 178 Å². The van der Waals surface area contributed by atoms with Crippen LogP contribution in [-0.2, 0) is 11.0 Å². The van der Waals surface area contributed by atoms with Gasteiger partial charge in [0.05, 0.1) is 23.0 Å². The summed E-state index contributed by atoms with van der Waals surface area (Å²) in [5.41, 5.74) is -2.95. The standard InChI is InChI=1S/C19H12F4N4O3S/c20-14-4-3-10(6-12(14)17(29)30)26-5-1-2-16(28)27(18(26)31)11-7-13(19(21,22)23)15(8-24)25-9-11/h3-4,6-7,9H,1-2,5H2,(H,29,30). The van der Waals surface area contributed by atoms with E-state index in [1.54, 1.807) is 0 Å². The molecule has 7 nitrogen and oxygen atoms in total. The highest BCUT2D eigenvalue weighted by molar-refractivity contribution is 7.81. The minimum atomic E-state index is -4.89. The van der Waals surface area contributed by atoms with Gasteiger partial charge in [-0.3, -0.25) is 9.69 Å². The minimum Gasteiger partial charge on any atom is -0.478 e. The molecule has 1 N–H and O–H groups in total. The van der Waals surface area contributed by atoms with Crippen molar-refractivity contribution in [3.8, 4) is 6.07 Å². The van der Waals surface area contributed by atoms with Gasteiger partial charge in [0.1, 0.15) is 11.9 Å². The molecule has 2 heterocycles. The Bertz CT molecular complexity index is 1130. The maximum absolute atomic E-state index is 13.8. The number of anilines is 2. The van der Waals surface area contributed by atoms with Crippen molar-refractivity contribution in [3.05, 3.63) is 53.1 Å². The van der Waals surface area contributed by atoms with Gasteiger partial charge in [-0.05, 0) is 42.9 Å². The molecule has 0 unspecified atom stereocenters. The van der Waals surface area contributed by atoms with Crippen LogP contribution in [0.4, 0.5) is 28.9 Å². The molecule has 0 spiro atoms. The number of carboxylic acid groups (broad SMARTS) is 1. The molecule has 1 aromatic carbocycles. The molecule has 0 bridgehead atoms. The number of nitriles is 1. The van der Waals surface area contributed by atoms with Gasteiger partial charge >= 0.3 is 12.1 Å². The molecule has 3 rings (SSSR count). The van der Waals surface area contributed by atoms with Crippen LogP contribution >= 0.6 is 12.2 Å². The smallest absolute Gasteiger partial charge is 0.419 e. The number of benzene rings is 1. The summed E-state index contributed by atoms with van der Waals surface area (Å²) in [4.78, 5) is 29.5. The zero-order chi connectivity index (χ0) is 22.9. The van der Waals surface area contributed by atoms with Crippen molar-refractivity contribution in [1.82, 2.24) is 4.98 Å². The lowest BCUT2D eigenvalue weighted by Crippen LogP contribution is -2.44. The third kappa shape index (κ3) is 4.31. The Hall–Kier alpha value is -3.59. The van der Waals surface area contributed by atoms with Crippen LogP contribution in [0, 0.1) is 17.1 Å². The average molecular weight is 452 g/mol. The van der Waals surface area contributed by atoms with Crippen molar-refractivity contribution in [1.29, 1.82) is 5.26 Å². The molecule has 1 aliphatic heterocycles. The Morgan fingerprint density at radius 3 is 2.58 bits per heavy atom. The van der Waals surface area contributed by atoms with E-state index in [1.165, 1.54) is 17.0 Å². The first kappa shape index (κ1) is 22.1. The Balaban J connectivity index is 2.09. The van der Waals surface area contributed by atoms with Gasteiger partial charge in [-0.25, -0.2) is 14.2 Å². The lowest BCUT2D eigenvalue weighted by Gasteiger charge is -2.30. The Morgan fingerprint density at radius 2 is 1.97 bits per heavy atom. The zero-order valence-corrected chi connectivity index (χ0v) is 16.3. The fraction of sp³-hybridized carbons (Fsp3) is 0.211. The Morgan fingerprint density at radius 1 is 1.26 bits per heavy atom. The summed E-state index contributed by atoms with van der Waals surface area (Å²) in [5, 5.41) is 17.8. The summed E-state index contributed by atoms with van der Waals surface area (Å²) < 4.78 is 53.7. The molecule has 2 aromatic rings. The fourth-order valence-corrected chi connectivity index (χ4v) is 3.45. The molecule has 0 aliphatic carbocycles. The third-order valence-corrected chi connectivity index (χ3v) is 4.88. The van der Waals surface area contributed by atoms with Crippen molar-refractivity contribution in [2.75, 3.05) is 16.3 Å². The number of rotatable bonds is 3.